The summed E-state index contributed by atoms with van der Waals surface area (Å²) in [6.45, 7) is 0. The first kappa shape index (κ1) is 17.2. The van der Waals surface area contributed by atoms with Crippen LogP contribution in [-0.2, 0) is 5.41 Å². The van der Waals surface area contributed by atoms with Gasteiger partial charge < -0.3 is 0 Å². The molecule has 3 heterocycles. The van der Waals surface area contributed by atoms with Gasteiger partial charge in [-0.05, 0) is 22.8 Å². The van der Waals surface area contributed by atoms with Gasteiger partial charge >= 0.3 is 0 Å². The Morgan fingerprint density at radius 2 is 1.38 bits per heavy atom. The zero-order chi connectivity index (χ0) is 19.4. The first-order valence-corrected chi connectivity index (χ1v) is 11.0. The van der Waals surface area contributed by atoms with Crippen LogP contribution in [0.5, 0.6) is 0 Å². The summed E-state index contributed by atoms with van der Waals surface area (Å²) in [4.78, 5) is 0. The maximum atomic E-state index is 3.92. The van der Waals surface area contributed by atoms with Crippen LogP contribution in [0.4, 0.5) is 0 Å². The van der Waals surface area contributed by atoms with Gasteiger partial charge in [0, 0.05) is 34.0 Å². The van der Waals surface area contributed by atoms with Crippen molar-refractivity contribution in [3.05, 3.63) is 136 Å². The fourth-order valence-corrected chi connectivity index (χ4v) is 6.39. The second-order valence-electron chi connectivity index (χ2n) is 8.13. The molecule has 3 aromatic carbocycles. The third-order valence-electron chi connectivity index (χ3n) is 6.87. The van der Waals surface area contributed by atoms with E-state index in [0.717, 1.165) is 6.42 Å². The van der Waals surface area contributed by atoms with Crippen LogP contribution in [0.25, 0.3) is 0 Å². The van der Waals surface area contributed by atoms with Crippen molar-refractivity contribution in [3.63, 3.8) is 0 Å². The number of aromatic nitrogens is 1. The van der Waals surface area contributed by atoms with Gasteiger partial charge in [-0.3, -0.25) is 0 Å². The second kappa shape index (κ2) is 6.40. The fraction of sp³-hybridized carbons (Fsp3) is 0.148. The molecular formula is C27H21BrN+. The highest BCUT2D eigenvalue weighted by molar-refractivity contribution is 9.10. The standard InChI is InChI=1S/C27H21BrN/c28-22-15-9-14-21-24-18-27(19-10-3-1-4-11-19,20-12-5-2-6-13-20)26(25(21)22)23-16-7-8-17-29(23)24/h1-17,24,26H,18H2/q+1. The predicted octanol–water partition coefficient (Wildman–Crippen LogP) is 6.16. The SMILES string of the molecule is Brc1cccc2c1C1c3cccc[n+]3C2CC1(c1ccccc1)c1ccccc1. The predicted molar refractivity (Wildman–Crippen MR) is 119 cm³/mol. The summed E-state index contributed by atoms with van der Waals surface area (Å²) in [6, 6.07) is 35.9. The average Bonchev–Trinajstić information content (AvgIpc) is 2.80. The van der Waals surface area contributed by atoms with Gasteiger partial charge in [0.25, 0.3) is 0 Å². The van der Waals surface area contributed by atoms with Crippen molar-refractivity contribution in [2.45, 2.75) is 23.8 Å². The lowest BCUT2D eigenvalue weighted by molar-refractivity contribution is -0.732. The molecule has 0 radical (unpaired) electrons. The molecule has 7 rings (SSSR count). The van der Waals surface area contributed by atoms with E-state index in [1.165, 1.54) is 32.4 Å². The molecule has 4 aromatic rings. The number of rotatable bonds is 2. The normalized spacial score (nSPS) is 20.7. The van der Waals surface area contributed by atoms with Crippen molar-refractivity contribution in [2.24, 2.45) is 0 Å². The number of pyridine rings is 1. The van der Waals surface area contributed by atoms with Gasteiger partial charge in [-0.25, -0.2) is 0 Å². The maximum absolute atomic E-state index is 3.92. The monoisotopic (exact) mass is 438 g/mol. The number of nitrogens with zero attached hydrogens (tertiary/aromatic N) is 1. The van der Waals surface area contributed by atoms with E-state index < -0.39 is 0 Å². The Morgan fingerprint density at radius 1 is 0.724 bits per heavy atom. The summed E-state index contributed by atoms with van der Waals surface area (Å²) in [5.74, 6) is 0.254. The van der Waals surface area contributed by atoms with Gasteiger partial charge in [0.1, 0.15) is 0 Å². The highest BCUT2D eigenvalue weighted by Gasteiger charge is 2.59. The molecule has 29 heavy (non-hydrogen) atoms. The van der Waals surface area contributed by atoms with Gasteiger partial charge in [-0.15, -0.1) is 0 Å². The number of benzene rings is 3. The molecule has 2 bridgehead atoms. The smallest absolute Gasteiger partial charge is 0.190 e. The molecule has 0 amide bonds. The zero-order valence-corrected chi connectivity index (χ0v) is 17.6. The van der Waals surface area contributed by atoms with Crippen molar-refractivity contribution in [2.75, 3.05) is 0 Å². The molecule has 2 aliphatic heterocycles. The summed E-state index contributed by atoms with van der Waals surface area (Å²) in [5.41, 5.74) is 7.01. The molecular weight excluding hydrogens is 418 g/mol. The van der Waals surface area contributed by atoms with Crippen molar-refractivity contribution in [3.8, 4) is 0 Å². The Hall–Kier alpha value is -2.71. The highest BCUT2D eigenvalue weighted by atomic mass is 79.9. The van der Waals surface area contributed by atoms with Gasteiger partial charge in [-0.2, -0.15) is 4.57 Å². The van der Waals surface area contributed by atoms with E-state index in [2.05, 4.69) is 124 Å². The lowest BCUT2D eigenvalue weighted by atomic mass is 9.53. The number of fused-ring (bicyclic) bond motifs is 1. The van der Waals surface area contributed by atoms with Crippen LogP contribution in [0.15, 0.2) is 108 Å². The number of halogens is 1. The molecule has 1 aromatic heterocycles. The largest absolute Gasteiger partial charge is 0.195 e. The van der Waals surface area contributed by atoms with Crippen molar-refractivity contribution >= 4 is 15.9 Å². The molecule has 3 aliphatic rings. The van der Waals surface area contributed by atoms with E-state index in [-0.39, 0.29) is 11.3 Å². The molecule has 0 N–H and O–H groups in total. The fourth-order valence-electron chi connectivity index (χ4n) is 5.78. The summed E-state index contributed by atoms with van der Waals surface area (Å²) in [5, 5.41) is 0. The van der Waals surface area contributed by atoms with Crippen molar-refractivity contribution in [1.82, 2.24) is 0 Å². The summed E-state index contributed by atoms with van der Waals surface area (Å²) in [7, 11) is 0. The van der Waals surface area contributed by atoms with E-state index in [4.69, 9.17) is 0 Å². The van der Waals surface area contributed by atoms with E-state index in [0.29, 0.717) is 6.04 Å². The Bertz CT molecular complexity index is 1160. The minimum atomic E-state index is -0.0919. The summed E-state index contributed by atoms with van der Waals surface area (Å²) >= 11 is 3.92. The molecule has 0 saturated heterocycles. The first-order chi connectivity index (χ1) is 14.3. The van der Waals surface area contributed by atoms with Crippen LogP contribution in [0.3, 0.4) is 0 Å². The molecule has 2 atom stereocenters. The maximum Gasteiger partial charge on any atom is 0.190 e. The third kappa shape index (κ3) is 2.30. The Morgan fingerprint density at radius 3 is 2.07 bits per heavy atom. The minimum absolute atomic E-state index is 0.0919. The van der Waals surface area contributed by atoms with E-state index in [1.54, 1.807) is 0 Å². The van der Waals surface area contributed by atoms with Crippen LogP contribution >= 0.6 is 15.9 Å². The molecule has 1 aliphatic carbocycles. The van der Waals surface area contributed by atoms with Gasteiger partial charge in [-0.1, -0.05) is 94.8 Å². The lowest BCUT2D eigenvalue weighted by Gasteiger charge is -2.50. The Labute approximate surface area is 179 Å². The third-order valence-corrected chi connectivity index (χ3v) is 7.57. The van der Waals surface area contributed by atoms with E-state index >= 15 is 0 Å². The molecule has 1 nitrogen and oxygen atoms in total. The van der Waals surface area contributed by atoms with Crippen molar-refractivity contribution < 1.29 is 4.57 Å². The van der Waals surface area contributed by atoms with Crippen LogP contribution in [0, 0.1) is 0 Å². The Kier molecular flexibility index (Phi) is 3.79. The Balaban J connectivity index is 1.75. The average molecular weight is 439 g/mol. The molecule has 0 fully saturated rings. The zero-order valence-electron chi connectivity index (χ0n) is 16.0. The number of hydrogen-bond acceptors (Lipinski definition) is 0. The van der Waals surface area contributed by atoms with Gasteiger partial charge in [0.05, 0.1) is 5.92 Å². The van der Waals surface area contributed by atoms with E-state index in [9.17, 15) is 0 Å². The molecule has 0 saturated carbocycles. The number of hydrogen-bond donors (Lipinski definition) is 0. The van der Waals surface area contributed by atoms with E-state index in [1.807, 2.05) is 0 Å². The summed E-state index contributed by atoms with van der Waals surface area (Å²) < 4.78 is 3.72. The van der Waals surface area contributed by atoms with Crippen LogP contribution in [0.2, 0.25) is 0 Å². The van der Waals surface area contributed by atoms with Crippen LogP contribution in [-0.4, -0.2) is 0 Å². The quantitative estimate of drug-likeness (QED) is 0.330. The molecule has 2 heteroatoms. The summed E-state index contributed by atoms with van der Waals surface area (Å²) in [6.07, 6.45) is 3.33. The highest BCUT2D eigenvalue weighted by Crippen LogP contribution is 2.60. The van der Waals surface area contributed by atoms with Crippen LogP contribution in [0.1, 0.15) is 46.3 Å². The second-order valence-corrected chi connectivity index (χ2v) is 8.99. The van der Waals surface area contributed by atoms with Crippen molar-refractivity contribution in [1.29, 1.82) is 0 Å². The van der Waals surface area contributed by atoms with Gasteiger partial charge in [0.2, 0.25) is 0 Å². The molecule has 2 unspecified atom stereocenters. The topological polar surface area (TPSA) is 3.88 Å². The molecule has 0 spiro atoms. The van der Waals surface area contributed by atoms with Crippen LogP contribution < -0.4 is 4.57 Å². The lowest BCUT2D eigenvalue weighted by Crippen LogP contribution is -2.60. The minimum Gasteiger partial charge on any atom is -0.195 e. The first-order valence-electron chi connectivity index (χ1n) is 10.2. The molecule has 140 valence electrons. The van der Waals surface area contributed by atoms with Gasteiger partial charge in [0.15, 0.2) is 17.9 Å².